The van der Waals surface area contributed by atoms with Gasteiger partial charge in [0.15, 0.2) is 0 Å². The number of aliphatic carboxylic acids is 1. The molecule has 0 radical (unpaired) electrons. The Morgan fingerprint density at radius 3 is 1.61 bits per heavy atom. The maximum absolute atomic E-state index is 14.3. The average molecular weight is 1060 g/mol. The molecule has 9 N–H and O–H groups in total. The number of carbonyl (C=O) groups excluding carboxylic acids is 9. The molecule has 0 aromatic carbocycles. The molecule has 2 rings (SSSR count). The van der Waals surface area contributed by atoms with E-state index in [1.165, 1.54) is 41.5 Å². The Hall–Kier alpha value is -5.30. The monoisotopic (exact) mass is 1060 g/mol. The largest absolute Gasteiger partial charge is 0.481 e. The zero-order valence-corrected chi connectivity index (χ0v) is 47.7. The van der Waals surface area contributed by atoms with Crippen molar-refractivity contribution in [1.29, 1.82) is 0 Å². The number of rotatable bonds is 33. The van der Waals surface area contributed by atoms with E-state index < -0.39 is 100 Å². The lowest BCUT2D eigenvalue weighted by atomic mass is 9.84. The molecule has 1 aliphatic carbocycles. The molecule has 1 aliphatic heterocycles. The minimum absolute atomic E-state index is 0.0234. The zero-order valence-electron chi connectivity index (χ0n) is 47.7. The summed E-state index contributed by atoms with van der Waals surface area (Å²) in [6.45, 7) is 20.7. The maximum atomic E-state index is 14.3. The van der Waals surface area contributed by atoms with Crippen LogP contribution < -0.4 is 42.5 Å². The second kappa shape index (κ2) is 31.7. The molecule has 1 saturated carbocycles. The number of carboxylic acids is 1. The van der Waals surface area contributed by atoms with Gasteiger partial charge in [0, 0.05) is 19.5 Å². The molecule has 75 heavy (non-hydrogen) atoms. The number of carboxylic acid groups (broad SMARTS) is 1. The van der Waals surface area contributed by atoms with E-state index >= 15 is 0 Å². The minimum Gasteiger partial charge on any atom is -0.481 e. The Bertz CT molecular complexity index is 1930. The number of carbonyl (C=O) groups is 10. The van der Waals surface area contributed by atoms with Crippen LogP contribution in [0.3, 0.4) is 0 Å². The molecule has 0 spiro atoms. The Morgan fingerprint density at radius 2 is 1.05 bits per heavy atom. The molecule has 428 valence electrons. The number of likely N-dealkylation sites (tertiary alicyclic amines) is 1. The maximum Gasteiger partial charge on any atom is 0.305 e. The molecule has 20 heteroatoms. The van der Waals surface area contributed by atoms with E-state index in [-0.39, 0.29) is 55.9 Å². The lowest BCUT2D eigenvalue weighted by Gasteiger charge is -2.35. The van der Waals surface area contributed by atoms with Gasteiger partial charge in [0.25, 0.3) is 0 Å². The van der Waals surface area contributed by atoms with E-state index in [0.717, 1.165) is 64.2 Å². The summed E-state index contributed by atoms with van der Waals surface area (Å²) < 4.78 is 0. The fourth-order valence-electron chi connectivity index (χ4n) is 9.52. The normalized spacial score (nSPS) is 17.0. The van der Waals surface area contributed by atoms with Crippen molar-refractivity contribution in [1.82, 2.24) is 47.4 Å². The van der Waals surface area contributed by atoms with Crippen LogP contribution in [0.4, 0.5) is 0 Å². The molecule has 9 amide bonds. The van der Waals surface area contributed by atoms with Gasteiger partial charge in [0.2, 0.25) is 53.2 Å². The third-order valence-electron chi connectivity index (χ3n) is 14.0. The van der Waals surface area contributed by atoms with E-state index in [1.54, 1.807) is 4.90 Å². The summed E-state index contributed by atoms with van der Waals surface area (Å²) in [6, 6.07) is -4.96. The highest BCUT2D eigenvalue weighted by Gasteiger charge is 2.42. The van der Waals surface area contributed by atoms with Gasteiger partial charge in [0.05, 0.1) is 6.42 Å². The van der Waals surface area contributed by atoms with Crippen LogP contribution >= 0.6 is 0 Å². The highest BCUT2D eigenvalue weighted by molar-refractivity contribution is 6.00. The molecule has 2 aliphatic rings. The first-order chi connectivity index (χ1) is 35.0. The van der Waals surface area contributed by atoms with Gasteiger partial charge in [-0.3, -0.25) is 47.9 Å². The van der Waals surface area contributed by atoms with E-state index in [9.17, 15) is 47.9 Å². The molecule has 0 bridgehead atoms. The number of hydrogen-bond donors (Lipinski definition) is 9. The van der Waals surface area contributed by atoms with E-state index in [0.29, 0.717) is 45.1 Å². The molecular weight excluding hydrogens is 963 g/mol. The SMILES string of the molecule is CCCCCCCC[C@H](NC(=O)C(C)(C)NC(=O)C(C)(C)NC(=O)[C@H](CC1CCCCC1)NC(=O)[C@@H]1CCCN1C(=O)CCC)C(=O)N[C@@H](CC(C)C)C(=O)NC(C)(C)C(=O)N[C@@H](CC(C)C)C(=O)NCCC(=O)O. The zero-order chi connectivity index (χ0) is 56.7. The van der Waals surface area contributed by atoms with Gasteiger partial charge >= 0.3 is 5.97 Å². The minimum atomic E-state index is -1.63. The van der Waals surface area contributed by atoms with E-state index in [1.807, 2.05) is 34.6 Å². The molecule has 0 unspecified atom stereocenters. The third-order valence-corrected chi connectivity index (χ3v) is 14.0. The van der Waals surface area contributed by atoms with Crippen LogP contribution in [0.15, 0.2) is 0 Å². The van der Waals surface area contributed by atoms with E-state index in [4.69, 9.17) is 5.11 Å². The highest BCUT2D eigenvalue weighted by atomic mass is 16.4. The second-order valence-electron chi connectivity index (χ2n) is 23.5. The molecule has 1 heterocycles. The predicted molar refractivity (Wildman–Crippen MR) is 287 cm³/mol. The predicted octanol–water partition coefficient (Wildman–Crippen LogP) is 4.81. The van der Waals surface area contributed by atoms with Crippen LogP contribution in [-0.2, 0) is 47.9 Å². The summed E-state index contributed by atoms with van der Waals surface area (Å²) in [6.07, 6.45) is 13.1. The first-order valence-electron chi connectivity index (χ1n) is 28.0. The van der Waals surface area contributed by atoms with Crippen molar-refractivity contribution >= 4 is 59.1 Å². The van der Waals surface area contributed by atoms with Crippen molar-refractivity contribution in [3.8, 4) is 0 Å². The Balaban J connectivity index is 2.30. The highest BCUT2D eigenvalue weighted by Crippen LogP contribution is 2.28. The van der Waals surface area contributed by atoms with Crippen molar-refractivity contribution < 1.29 is 53.1 Å². The molecule has 5 atom stereocenters. The number of amides is 9. The number of nitrogens with zero attached hydrogens (tertiary/aromatic N) is 1. The summed E-state index contributed by atoms with van der Waals surface area (Å²) in [5.74, 6) is -6.06. The molecule has 0 aromatic heterocycles. The third kappa shape index (κ3) is 23.2. The molecule has 0 aromatic rings. The van der Waals surface area contributed by atoms with Crippen LogP contribution in [0.5, 0.6) is 0 Å². The van der Waals surface area contributed by atoms with Crippen molar-refractivity contribution in [3.63, 3.8) is 0 Å². The van der Waals surface area contributed by atoms with Gasteiger partial charge in [-0.25, -0.2) is 0 Å². The lowest BCUT2D eigenvalue weighted by molar-refractivity contribution is -0.141. The number of unbranched alkanes of at least 4 members (excludes halogenated alkanes) is 5. The van der Waals surface area contributed by atoms with Crippen LogP contribution in [0.25, 0.3) is 0 Å². The lowest BCUT2D eigenvalue weighted by Crippen LogP contribution is -2.66. The van der Waals surface area contributed by atoms with E-state index in [2.05, 4.69) is 49.5 Å². The van der Waals surface area contributed by atoms with Crippen molar-refractivity contribution in [3.05, 3.63) is 0 Å². The van der Waals surface area contributed by atoms with Gasteiger partial charge in [-0.1, -0.05) is 112 Å². The topological polar surface area (TPSA) is 290 Å². The standard InChI is InChI=1S/C55H97N9O11/c1-13-15-16-17-18-22-27-38(46(69)57-40(33-36(5)6)47(70)61-53(7,8)50(73)60-39(32-35(3)4)45(68)56-30-29-44(66)67)59-51(74)54(9,10)63-52(75)55(11,12)62-48(71)41(34-37-25-20-19-21-26-37)58-49(72)42-28-23-31-64(42)43(65)24-14-2/h35-42H,13-34H2,1-12H3,(H,56,68)(H,57,69)(H,58,72)(H,59,74)(H,60,73)(H,61,70)(H,62,71)(H,63,75)(H,66,67)/t38-,39-,40-,41-,42-/m0/s1. The fourth-order valence-corrected chi connectivity index (χ4v) is 9.52. The van der Waals surface area contributed by atoms with Crippen LogP contribution in [0.2, 0.25) is 0 Å². The molecule has 2 fully saturated rings. The first kappa shape index (κ1) is 65.8. The van der Waals surface area contributed by atoms with Crippen molar-refractivity contribution in [2.45, 2.75) is 258 Å². The van der Waals surface area contributed by atoms with Crippen LogP contribution in [0.1, 0.15) is 212 Å². The Labute approximate surface area is 447 Å². The van der Waals surface area contributed by atoms with Crippen molar-refractivity contribution in [2.75, 3.05) is 13.1 Å². The average Bonchev–Trinajstić information content (AvgIpc) is 3.82. The Kier molecular flexibility index (Phi) is 27.8. The quantitative estimate of drug-likeness (QED) is 0.0402. The van der Waals surface area contributed by atoms with Gasteiger partial charge in [-0.2, -0.15) is 0 Å². The van der Waals surface area contributed by atoms with Crippen LogP contribution in [0, 0.1) is 17.8 Å². The van der Waals surface area contributed by atoms with Crippen molar-refractivity contribution in [2.24, 2.45) is 17.8 Å². The Morgan fingerprint density at radius 1 is 0.533 bits per heavy atom. The smallest absolute Gasteiger partial charge is 0.305 e. The van der Waals surface area contributed by atoms with Gasteiger partial charge in [0.1, 0.15) is 46.8 Å². The van der Waals surface area contributed by atoms with Gasteiger partial charge in [-0.05, 0) is 104 Å². The summed E-state index contributed by atoms with van der Waals surface area (Å²) in [5, 5.41) is 31.2. The molecule has 1 saturated heterocycles. The van der Waals surface area contributed by atoms with Gasteiger partial charge < -0.3 is 52.5 Å². The van der Waals surface area contributed by atoms with Gasteiger partial charge in [-0.15, -0.1) is 0 Å². The summed E-state index contributed by atoms with van der Waals surface area (Å²) in [4.78, 5) is 137. The summed E-state index contributed by atoms with van der Waals surface area (Å²) in [7, 11) is 0. The molecule has 20 nitrogen and oxygen atoms in total. The summed E-state index contributed by atoms with van der Waals surface area (Å²) >= 11 is 0. The first-order valence-corrected chi connectivity index (χ1v) is 28.0. The molecular formula is C55H97N9O11. The summed E-state index contributed by atoms with van der Waals surface area (Å²) in [5.41, 5.74) is -4.79. The fraction of sp³-hybridized carbons (Fsp3) is 0.818. The number of hydrogen-bond acceptors (Lipinski definition) is 10. The van der Waals surface area contributed by atoms with Crippen LogP contribution in [-0.4, -0.2) is 129 Å². The number of nitrogens with one attached hydrogen (secondary N) is 8. The second-order valence-corrected chi connectivity index (χ2v) is 23.5.